The summed E-state index contributed by atoms with van der Waals surface area (Å²) in [5, 5.41) is 1.75. The van der Waals surface area contributed by atoms with Crippen LogP contribution in [0.1, 0.15) is 13.8 Å². The fourth-order valence-corrected chi connectivity index (χ4v) is 1.90. The Hall–Kier alpha value is -0.890. The summed E-state index contributed by atoms with van der Waals surface area (Å²) in [7, 11) is -0.985. The number of hydrogen-bond acceptors (Lipinski definition) is 1. The first-order chi connectivity index (χ1) is 6.20. The Morgan fingerprint density at radius 1 is 1.23 bits per heavy atom. The first-order valence-electron chi connectivity index (χ1n) is 4.34. The average molecular weight is 194 g/mol. The molecule has 70 valence electrons. The molecule has 13 heavy (non-hydrogen) atoms. The van der Waals surface area contributed by atoms with E-state index in [0.29, 0.717) is 5.92 Å². The molecule has 0 aliphatic carbocycles. The van der Waals surface area contributed by atoms with E-state index in [1.807, 2.05) is 36.4 Å². The summed E-state index contributed by atoms with van der Waals surface area (Å²) in [5.41, 5.74) is 0. The largest absolute Gasteiger partial charge is 0.250 e. The van der Waals surface area contributed by atoms with Gasteiger partial charge in [0.2, 0.25) is 0 Å². The molecule has 0 bridgehead atoms. The van der Waals surface area contributed by atoms with Crippen molar-refractivity contribution in [2.24, 2.45) is 5.92 Å². The molecule has 1 nitrogen and oxygen atoms in total. The molecule has 0 saturated heterocycles. The van der Waals surface area contributed by atoms with Crippen molar-refractivity contribution in [3.05, 3.63) is 41.8 Å². The van der Waals surface area contributed by atoms with Crippen LogP contribution < -0.4 is 0 Å². The van der Waals surface area contributed by atoms with E-state index >= 15 is 0 Å². The van der Waals surface area contributed by atoms with E-state index in [-0.39, 0.29) is 0 Å². The SMILES string of the molecule is CC(C)/C=C\S(=O)c1ccccc1. The number of benzene rings is 1. The number of allylic oxidation sites excluding steroid dienone is 1. The Morgan fingerprint density at radius 3 is 2.38 bits per heavy atom. The highest BCUT2D eigenvalue weighted by Gasteiger charge is 1.96. The van der Waals surface area contributed by atoms with Crippen molar-refractivity contribution in [3.8, 4) is 0 Å². The molecule has 0 aliphatic rings. The fraction of sp³-hybridized carbons (Fsp3) is 0.273. The van der Waals surface area contributed by atoms with Crippen molar-refractivity contribution in [2.45, 2.75) is 18.7 Å². The Morgan fingerprint density at radius 2 is 1.85 bits per heavy atom. The zero-order valence-corrected chi connectivity index (χ0v) is 8.75. The highest BCUT2D eigenvalue weighted by molar-refractivity contribution is 7.88. The summed E-state index contributed by atoms with van der Waals surface area (Å²) in [6.45, 7) is 4.14. The lowest BCUT2D eigenvalue weighted by Crippen LogP contribution is -1.86. The van der Waals surface area contributed by atoms with Gasteiger partial charge >= 0.3 is 0 Å². The van der Waals surface area contributed by atoms with Crippen molar-refractivity contribution in [2.75, 3.05) is 0 Å². The highest BCUT2D eigenvalue weighted by atomic mass is 32.2. The van der Waals surface area contributed by atoms with Gasteiger partial charge in [-0.15, -0.1) is 0 Å². The molecule has 2 heteroatoms. The van der Waals surface area contributed by atoms with Crippen LogP contribution in [0.15, 0.2) is 46.7 Å². The summed E-state index contributed by atoms with van der Waals surface area (Å²) in [6.07, 6.45) is 1.96. The van der Waals surface area contributed by atoms with Gasteiger partial charge < -0.3 is 0 Å². The molecule has 0 aliphatic heterocycles. The summed E-state index contributed by atoms with van der Waals surface area (Å²) in [5.74, 6) is 0.452. The normalized spacial score (nSPS) is 13.8. The smallest absolute Gasteiger partial charge is 0.0772 e. The molecule has 0 amide bonds. The molecule has 0 aromatic heterocycles. The van der Waals surface area contributed by atoms with E-state index in [0.717, 1.165) is 4.90 Å². The third-order valence-corrected chi connectivity index (χ3v) is 2.70. The van der Waals surface area contributed by atoms with Crippen molar-refractivity contribution in [1.82, 2.24) is 0 Å². The van der Waals surface area contributed by atoms with Crippen LogP contribution in [0.2, 0.25) is 0 Å². The van der Waals surface area contributed by atoms with E-state index in [9.17, 15) is 4.21 Å². The minimum absolute atomic E-state index is 0.452. The van der Waals surface area contributed by atoms with Gasteiger partial charge in [0, 0.05) is 10.3 Å². The van der Waals surface area contributed by atoms with Crippen molar-refractivity contribution in [3.63, 3.8) is 0 Å². The van der Waals surface area contributed by atoms with Crippen LogP contribution in [0.25, 0.3) is 0 Å². The highest BCUT2D eigenvalue weighted by Crippen LogP contribution is 2.07. The van der Waals surface area contributed by atoms with Gasteiger partial charge in [0.25, 0.3) is 0 Å². The molecule has 1 atom stereocenters. The van der Waals surface area contributed by atoms with E-state index in [4.69, 9.17) is 0 Å². The van der Waals surface area contributed by atoms with E-state index in [1.165, 1.54) is 0 Å². The average Bonchev–Trinajstić information content (AvgIpc) is 2.15. The van der Waals surface area contributed by atoms with Crippen LogP contribution in [-0.4, -0.2) is 4.21 Å². The van der Waals surface area contributed by atoms with Crippen LogP contribution in [0.5, 0.6) is 0 Å². The molecule has 1 unspecified atom stereocenters. The number of hydrogen-bond donors (Lipinski definition) is 0. The molecule has 1 rings (SSSR count). The van der Waals surface area contributed by atoms with Gasteiger partial charge in [0.15, 0.2) is 0 Å². The molecule has 0 saturated carbocycles. The van der Waals surface area contributed by atoms with Gasteiger partial charge in [-0.3, -0.25) is 0 Å². The fourth-order valence-electron chi connectivity index (χ4n) is 0.862. The molecule has 0 N–H and O–H groups in total. The molecule has 1 aromatic rings. The van der Waals surface area contributed by atoms with E-state index in [1.54, 1.807) is 5.41 Å². The van der Waals surface area contributed by atoms with Gasteiger partial charge in [-0.05, 0) is 18.1 Å². The monoisotopic (exact) mass is 194 g/mol. The Bertz CT molecular complexity index is 301. The van der Waals surface area contributed by atoms with Gasteiger partial charge in [-0.25, -0.2) is 4.21 Å². The molecule has 0 radical (unpaired) electrons. The molecule has 0 heterocycles. The second-order valence-electron chi connectivity index (χ2n) is 3.18. The lowest BCUT2D eigenvalue weighted by Gasteiger charge is -1.96. The molecule has 0 spiro atoms. The maximum atomic E-state index is 11.6. The standard InChI is InChI=1S/C11H14OS/c1-10(2)8-9-13(12)11-6-4-3-5-7-11/h3-10H,1-2H3/b9-8-. The topological polar surface area (TPSA) is 17.1 Å². The summed E-state index contributed by atoms with van der Waals surface area (Å²) >= 11 is 0. The second kappa shape index (κ2) is 4.97. The minimum Gasteiger partial charge on any atom is -0.250 e. The van der Waals surface area contributed by atoms with Crippen molar-refractivity contribution < 1.29 is 4.21 Å². The number of rotatable bonds is 3. The van der Waals surface area contributed by atoms with Crippen molar-refractivity contribution >= 4 is 10.8 Å². The predicted molar refractivity (Wildman–Crippen MR) is 56.8 cm³/mol. The summed E-state index contributed by atoms with van der Waals surface area (Å²) < 4.78 is 11.6. The van der Waals surface area contributed by atoms with Crippen LogP contribution in [-0.2, 0) is 10.8 Å². The minimum atomic E-state index is -0.985. The van der Waals surface area contributed by atoms with Crippen molar-refractivity contribution in [1.29, 1.82) is 0 Å². The quantitative estimate of drug-likeness (QED) is 0.723. The predicted octanol–water partition coefficient (Wildman–Crippen LogP) is 2.96. The second-order valence-corrected chi connectivity index (χ2v) is 4.52. The zero-order chi connectivity index (χ0) is 9.68. The maximum absolute atomic E-state index is 11.6. The van der Waals surface area contributed by atoms with Crippen LogP contribution in [0, 0.1) is 5.92 Å². The first kappa shape index (κ1) is 10.2. The molecular formula is C11H14OS. The van der Waals surface area contributed by atoms with Crippen LogP contribution >= 0.6 is 0 Å². The summed E-state index contributed by atoms with van der Waals surface area (Å²) in [6, 6.07) is 9.47. The lowest BCUT2D eigenvalue weighted by molar-refractivity contribution is 0.688. The molecule has 1 aromatic carbocycles. The maximum Gasteiger partial charge on any atom is 0.0772 e. The van der Waals surface area contributed by atoms with E-state index in [2.05, 4.69) is 13.8 Å². The third kappa shape index (κ3) is 3.55. The van der Waals surface area contributed by atoms with Crippen LogP contribution in [0.3, 0.4) is 0 Å². The van der Waals surface area contributed by atoms with Gasteiger partial charge in [0.1, 0.15) is 0 Å². The summed E-state index contributed by atoms with van der Waals surface area (Å²) in [4.78, 5) is 0.861. The van der Waals surface area contributed by atoms with Crippen LogP contribution in [0.4, 0.5) is 0 Å². The Balaban J connectivity index is 2.70. The van der Waals surface area contributed by atoms with Gasteiger partial charge in [-0.2, -0.15) is 0 Å². The first-order valence-corrected chi connectivity index (χ1v) is 5.55. The lowest BCUT2D eigenvalue weighted by atomic mass is 10.2. The van der Waals surface area contributed by atoms with Gasteiger partial charge in [-0.1, -0.05) is 38.1 Å². The van der Waals surface area contributed by atoms with E-state index < -0.39 is 10.8 Å². The zero-order valence-electron chi connectivity index (χ0n) is 7.94. The molecule has 0 fully saturated rings. The Labute approximate surface area is 81.9 Å². The third-order valence-electron chi connectivity index (χ3n) is 1.56. The Kier molecular flexibility index (Phi) is 3.90. The molecular weight excluding hydrogens is 180 g/mol. The van der Waals surface area contributed by atoms with Gasteiger partial charge in [0.05, 0.1) is 10.8 Å².